The highest BCUT2D eigenvalue weighted by molar-refractivity contribution is 5.95. The summed E-state index contributed by atoms with van der Waals surface area (Å²) in [6, 6.07) is 1.80. The molecular formula is C20H32N2O3. The van der Waals surface area contributed by atoms with E-state index in [0.29, 0.717) is 30.8 Å². The molecule has 1 saturated heterocycles. The molecule has 0 aromatic carbocycles. The van der Waals surface area contributed by atoms with Gasteiger partial charge in [0.1, 0.15) is 11.5 Å². The fourth-order valence-corrected chi connectivity index (χ4v) is 3.41. The van der Waals surface area contributed by atoms with Gasteiger partial charge in [0.2, 0.25) is 5.91 Å². The quantitative estimate of drug-likeness (QED) is 0.669. The molecule has 0 aliphatic carbocycles. The zero-order valence-electron chi connectivity index (χ0n) is 16.0. The summed E-state index contributed by atoms with van der Waals surface area (Å²) in [6.07, 6.45) is 6.98. The molecule has 5 heteroatoms. The monoisotopic (exact) mass is 348 g/mol. The first-order valence-electron chi connectivity index (χ1n) is 9.67. The van der Waals surface area contributed by atoms with E-state index in [2.05, 4.69) is 6.92 Å². The Balaban J connectivity index is 1.98. The molecule has 2 rings (SSSR count). The number of amides is 2. The van der Waals surface area contributed by atoms with Gasteiger partial charge in [0.25, 0.3) is 5.91 Å². The Hall–Kier alpha value is -1.78. The second-order valence-electron chi connectivity index (χ2n) is 7.02. The van der Waals surface area contributed by atoms with Gasteiger partial charge in [-0.3, -0.25) is 9.59 Å². The van der Waals surface area contributed by atoms with E-state index in [1.54, 1.807) is 6.07 Å². The summed E-state index contributed by atoms with van der Waals surface area (Å²) in [7, 11) is 0. The first-order chi connectivity index (χ1) is 12.0. The number of unbranched alkanes of at least 4 members (excludes halogenated alkanes) is 2. The Labute approximate surface area is 151 Å². The lowest BCUT2D eigenvalue weighted by Gasteiger charge is -2.28. The fourth-order valence-electron chi connectivity index (χ4n) is 3.41. The SMILES string of the molecule is CCCCCN(CCC(=O)N1CCCCC1)C(=O)c1cc(C)oc1C. The maximum Gasteiger partial charge on any atom is 0.257 e. The van der Waals surface area contributed by atoms with Gasteiger partial charge in [0.15, 0.2) is 0 Å². The van der Waals surface area contributed by atoms with Crippen molar-refractivity contribution in [3.05, 3.63) is 23.2 Å². The van der Waals surface area contributed by atoms with Crippen LogP contribution in [0, 0.1) is 13.8 Å². The van der Waals surface area contributed by atoms with Crippen LogP contribution < -0.4 is 0 Å². The molecule has 0 spiro atoms. The van der Waals surface area contributed by atoms with E-state index in [9.17, 15) is 9.59 Å². The highest BCUT2D eigenvalue weighted by atomic mass is 16.3. The Morgan fingerprint density at radius 1 is 1.12 bits per heavy atom. The molecule has 25 heavy (non-hydrogen) atoms. The van der Waals surface area contributed by atoms with E-state index in [0.717, 1.165) is 51.0 Å². The van der Waals surface area contributed by atoms with Gasteiger partial charge in [-0.2, -0.15) is 0 Å². The third kappa shape index (κ3) is 5.62. The third-order valence-corrected chi connectivity index (χ3v) is 4.89. The molecular weight excluding hydrogens is 316 g/mol. The van der Waals surface area contributed by atoms with Gasteiger partial charge in [-0.05, 0) is 45.6 Å². The average Bonchev–Trinajstić information content (AvgIpc) is 2.96. The maximum atomic E-state index is 12.9. The van der Waals surface area contributed by atoms with Crippen LogP contribution >= 0.6 is 0 Å². The van der Waals surface area contributed by atoms with Gasteiger partial charge in [0, 0.05) is 32.6 Å². The maximum absolute atomic E-state index is 12.9. The van der Waals surface area contributed by atoms with Crippen molar-refractivity contribution in [3.8, 4) is 0 Å². The Morgan fingerprint density at radius 2 is 1.84 bits per heavy atom. The first kappa shape index (κ1) is 19.5. The van der Waals surface area contributed by atoms with Gasteiger partial charge in [-0.25, -0.2) is 0 Å². The Bertz CT molecular complexity index is 573. The minimum absolute atomic E-state index is 0.0168. The summed E-state index contributed by atoms with van der Waals surface area (Å²) in [5.41, 5.74) is 0.624. The van der Waals surface area contributed by atoms with Crippen LogP contribution in [0.1, 0.15) is 73.7 Å². The van der Waals surface area contributed by atoms with E-state index >= 15 is 0 Å². The summed E-state index contributed by atoms with van der Waals surface area (Å²) in [5, 5.41) is 0. The molecule has 140 valence electrons. The number of hydrogen-bond acceptors (Lipinski definition) is 3. The molecule has 0 unspecified atom stereocenters. The van der Waals surface area contributed by atoms with Crippen LogP contribution in [0.15, 0.2) is 10.5 Å². The molecule has 0 radical (unpaired) electrons. The highest BCUT2D eigenvalue weighted by Crippen LogP contribution is 2.17. The Morgan fingerprint density at radius 3 is 2.44 bits per heavy atom. The molecule has 2 amide bonds. The zero-order valence-corrected chi connectivity index (χ0v) is 16.0. The third-order valence-electron chi connectivity index (χ3n) is 4.89. The number of hydrogen-bond donors (Lipinski definition) is 0. The predicted molar refractivity (Wildman–Crippen MR) is 98.7 cm³/mol. The molecule has 2 heterocycles. The van der Waals surface area contributed by atoms with E-state index < -0.39 is 0 Å². The molecule has 0 saturated carbocycles. The molecule has 5 nitrogen and oxygen atoms in total. The van der Waals surface area contributed by atoms with Crippen molar-refractivity contribution < 1.29 is 14.0 Å². The summed E-state index contributed by atoms with van der Waals surface area (Å²) < 4.78 is 5.51. The second kappa shape index (κ2) is 9.64. The summed E-state index contributed by atoms with van der Waals surface area (Å²) in [4.78, 5) is 29.1. The number of rotatable bonds is 8. The lowest BCUT2D eigenvalue weighted by molar-refractivity contribution is -0.132. The van der Waals surface area contributed by atoms with Crippen LogP contribution in [-0.4, -0.2) is 47.8 Å². The minimum Gasteiger partial charge on any atom is -0.466 e. The average molecular weight is 348 g/mol. The van der Waals surface area contributed by atoms with Gasteiger partial charge in [-0.1, -0.05) is 19.8 Å². The number of carbonyl (C=O) groups excluding carboxylic acids is 2. The molecule has 1 aliphatic heterocycles. The molecule has 1 aromatic heterocycles. The van der Waals surface area contributed by atoms with Crippen molar-refractivity contribution >= 4 is 11.8 Å². The number of likely N-dealkylation sites (tertiary alicyclic amines) is 1. The smallest absolute Gasteiger partial charge is 0.257 e. The normalized spacial score (nSPS) is 14.6. The van der Waals surface area contributed by atoms with Crippen LogP contribution in [-0.2, 0) is 4.79 Å². The molecule has 0 atom stereocenters. The number of furan rings is 1. The van der Waals surface area contributed by atoms with E-state index in [1.165, 1.54) is 6.42 Å². The van der Waals surface area contributed by atoms with Crippen LogP contribution in [0.3, 0.4) is 0 Å². The number of carbonyl (C=O) groups is 2. The number of aryl methyl sites for hydroxylation is 2. The lowest BCUT2D eigenvalue weighted by Crippen LogP contribution is -2.39. The topological polar surface area (TPSA) is 53.8 Å². The summed E-state index contributed by atoms with van der Waals surface area (Å²) in [6.45, 7) is 8.74. The number of nitrogens with zero attached hydrogens (tertiary/aromatic N) is 2. The largest absolute Gasteiger partial charge is 0.466 e. The van der Waals surface area contributed by atoms with Crippen molar-refractivity contribution in [1.82, 2.24) is 9.80 Å². The van der Waals surface area contributed by atoms with E-state index in [-0.39, 0.29) is 11.8 Å². The molecule has 1 aromatic rings. The van der Waals surface area contributed by atoms with Crippen LogP contribution in [0.4, 0.5) is 0 Å². The van der Waals surface area contributed by atoms with Crippen LogP contribution in [0.2, 0.25) is 0 Å². The van der Waals surface area contributed by atoms with Crippen molar-refractivity contribution in [3.63, 3.8) is 0 Å². The van der Waals surface area contributed by atoms with E-state index in [1.807, 2.05) is 23.6 Å². The van der Waals surface area contributed by atoms with E-state index in [4.69, 9.17) is 4.42 Å². The second-order valence-corrected chi connectivity index (χ2v) is 7.02. The van der Waals surface area contributed by atoms with Gasteiger partial charge in [0.05, 0.1) is 5.56 Å². The number of piperidine rings is 1. The molecule has 0 bridgehead atoms. The zero-order chi connectivity index (χ0) is 18.2. The van der Waals surface area contributed by atoms with Crippen LogP contribution in [0.5, 0.6) is 0 Å². The van der Waals surface area contributed by atoms with Crippen molar-refractivity contribution in [2.24, 2.45) is 0 Å². The van der Waals surface area contributed by atoms with Crippen molar-refractivity contribution in [2.45, 2.75) is 65.7 Å². The van der Waals surface area contributed by atoms with Crippen molar-refractivity contribution in [2.75, 3.05) is 26.2 Å². The molecule has 1 aliphatic rings. The summed E-state index contributed by atoms with van der Waals surface area (Å²) in [5.74, 6) is 1.56. The molecule has 1 fully saturated rings. The Kier molecular flexibility index (Phi) is 7.53. The van der Waals surface area contributed by atoms with Gasteiger partial charge in [-0.15, -0.1) is 0 Å². The minimum atomic E-state index is -0.0168. The van der Waals surface area contributed by atoms with Crippen molar-refractivity contribution in [1.29, 1.82) is 0 Å². The molecule has 0 N–H and O–H groups in total. The standard InChI is InChI=1S/C20H32N2O3/c1-4-5-7-13-22(20(24)18-15-16(2)25-17(18)3)14-10-19(23)21-11-8-6-9-12-21/h15H,4-14H2,1-3H3. The summed E-state index contributed by atoms with van der Waals surface area (Å²) >= 11 is 0. The van der Waals surface area contributed by atoms with Crippen LogP contribution in [0.25, 0.3) is 0 Å². The lowest BCUT2D eigenvalue weighted by atomic mass is 10.1. The first-order valence-corrected chi connectivity index (χ1v) is 9.67. The van der Waals surface area contributed by atoms with Gasteiger partial charge < -0.3 is 14.2 Å². The predicted octanol–water partition coefficient (Wildman–Crippen LogP) is 3.93. The highest BCUT2D eigenvalue weighted by Gasteiger charge is 2.22. The van der Waals surface area contributed by atoms with Gasteiger partial charge >= 0.3 is 0 Å². The fraction of sp³-hybridized carbons (Fsp3) is 0.700.